The van der Waals surface area contributed by atoms with Crippen LogP contribution in [-0.2, 0) is 22.6 Å². The van der Waals surface area contributed by atoms with Gasteiger partial charge in [-0.2, -0.15) is 0 Å². The number of amides is 2. The highest BCUT2D eigenvalue weighted by molar-refractivity contribution is 9.10. The van der Waals surface area contributed by atoms with Gasteiger partial charge >= 0.3 is 6.09 Å². The van der Waals surface area contributed by atoms with Crippen LogP contribution in [0.5, 0.6) is 5.75 Å². The Kier molecular flexibility index (Phi) is 8.18. The third-order valence-electron chi connectivity index (χ3n) is 5.10. The molecular formula is C25H31BrN2O4. The molecule has 32 heavy (non-hydrogen) atoms. The molecule has 1 N–H and O–H groups in total. The summed E-state index contributed by atoms with van der Waals surface area (Å²) in [5, 5.41) is 2.90. The summed E-state index contributed by atoms with van der Waals surface area (Å²) in [5.74, 6) is 0.717. The van der Waals surface area contributed by atoms with E-state index in [0.29, 0.717) is 25.4 Å². The van der Waals surface area contributed by atoms with Crippen LogP contribution in [0.25, 0.3) is 0 Å². The normalized spacial score (nSPS) is 16.4. The minimum absolute atomic E-state index is 0.0170. The zero-order valence-corrected chi connectivity index (χ0v) is 20.5. The van der Waals surface area contributed by atoms with Gasteiger partial charge < -0.3 is 19.7 Å². The Balaban J connectivity index is 1.61. The van der Waals surface area contributed by atoms with Gasteiger partial charge in [0.1, 0.15) is 18.0 Å². The zero-order chi connectivity index (χ0) is 23.1. The van der Waals surface area contributed by atoms with Crippen molar-refractivity contribution < 1.29 is 19.1 Å². The molecule has 0 aliphatic carbocycles. The number of hydrogen-bond donors (Lipinski definition) is 1. The second kappa shape index (κ2) is 10.9. The topological polar surface area (TPSA) is 67.9 Å². The summed E-state index contributed by atoms with van der Waals surface area (Å²) >= 11 is 3.50. The maximum absolute atomic E-state index is 13.1. The number of nitrogens with zero attached hydrogens (tertiary/aromatic N) is 1. The van der Waals surface area contributed by atoms with Crippen LogP contribution >= 0.6 is 15.9 Å². The molecule has 3 rings (SSSR count). The number of alkyl carbamates (subject to hydrolysis) is 1. The van der Waals surface area contributed by atoms with Crippen molar-refractivity contribution in [2.75, 3.05) is 13.1 Å². The van der Waals surface area contributed by atoms with E-state index in [1.54, 1.807) is 0 Å². The molecule has 1 fully saturated rings. The Hall–Kier alpha value is -2.54. The summed E-state index contributed by atoms with van der Waals surface area (Å²) in [6, 6.07) is 15.6. The van der Waals surface area contributed by atoms with Gasteiger partial charge in [0, 0.05) is 29.2 Å². The summed E-state index contributed by atoms with van der Waals surface area (Å²) in [6.07, 6.45) is 1.45. The number of ether oxygens (including phenoxy) is 2. The molecule has 7 heteroatoms. The molecule has 2 amide bonds. The van der Waals surface area contributed by atoms with Gasteiger partial charge in [0.2, 0.25) is 5.91 Å². The van der Waals surface area contributed by atoms with Gasteiger partial charge in [0.25, 0.3) is 0 Å². The summed E-state index contributed by atoms with van der Waals surface area (Å²) in [4.78, 5) is 27.0. The van der Waals surface area contributed by atoms with Crippen molar-refractivity contribution in [3.63, 3.8) is 0 Å². The summed E-state index contributed by atoms with van der Waals surface area (Å²) < 4.78 is 12.3. The number of piperidine rings is 1. The van der Waals surface area contributed by atoms with Crippen LogP contribution in [0.2, 0.25) is 0 Å². The molecule has 1 aliphatic rings. The predicted molar refractivity (Wildman–Crippen MR) is 128 cm³/mol. The number of benzene rings is 2. The van der Waals surface area contributed by atoms with Gasteiger partial charge in [0.15, 0.2) is 0 Å². The van der Waals surface area contributed by atoms with E-state index in [-0.39, 0.29) is 18.4 Å². The minimum Gasteiger partial charge on any atom is -0.489 e. The van der Waals surface area contributed by atoms with E-state index < -0.39 is 11.7 Å². The van der Waals surface area contributed by atoms with Crippen LogP contribution in [0, 0.1) is 0 Å². The van der Waals surface area contributed by atoms with Gasteiger partial charge in [-0.05, 0) is 57.4 Å². The Morgan fingerprint density at radius 2 is 1.91 bits per heavy atom. The summed E-state index contributed by atoms with van der Waals surface area (Å²) in [5.41, 5.74) is 1.35. The van der Waals surface area contributed by atoms with E-state index >= 15 is 0 Å². The van der Waals surface area contributed by atoms with Crippen molar-refractivity contribution in [2.45, 2.75) is 58.3 Å². The number of rotatable bonds is 6. The molecule has 0 aromatic heterocycles. The SMILES string of the molecule is CC(C)(C)OC(=O)N[C@@H]1CCCN(C(=O)Cc2cc(Br)ccc2OCc2ccccc2)C1. The second-order valence-electron chi connectivity index (χ2n) is 9.03. The highest BCUT2D eigenvalue weighted by Crippen LogP contribution is 2.26. The largest absolute Gasteiger partial charge is 0.489 e. The van der Waals surface area contributed by atoms with E-state index in [9.17, 15) is 9.59 Å². The van der Waals surface area contributed by atoms with Crippen molar-refractivity contribution in [2.24, 2.45) is 0 Å². The van der Waals surface area contributed by atoms with Crippen molar-refractivity contribution in [3.05, 3.63) is 64.1 Å². The molecule has 0 saturated carbocycles. The third-order valence-corrected chi connectivity index (χ3v) is 5.59. The lowest BCUT2D eigenvalue weighted by Crippen LogP contribution is -2.50. The molecule has 172 valence electrons. The number of halogens is 1. The molecule has 0 radical (unpaired) electrons. The Labute approximate surface area is 198 Å². The Bertz CT molecular complexity index is 927. The fourth-order valence-corrected chi connectivity index (χ4v) is 4.04. The van der Waals surface area contributed by atoms with Crippen molar-refractivity contribution in [1.29, 1.82) is 0 Å². The first-order valence-corrected chi connectivity index (χ1v) is 11.7. The average Bonchev–Trinajstić information content (AvgIpc) is 2.72. The second-order valence-corrected chi connectivity index (χ2v) is 9.94. The van der Waals surface area contributed by atoms with Crippen molar-refractivity contribution in [1.82, 2.24) is 10.2 Å². The van der Waals surface area contributed by atoms with Gasteiger partial charge in [-0.1, -0.05) is 46.3 Å². The van der Waals surface area contributed by atoms with Gasteiger partial charge in [-0.25, -0.2) is 4.79 Å². The molecule has 1 aliphatic heterocycles. The van der Waals surface area contributed by atoms with Crippen LogP contribution in [0.3, 0.4) is 0 Å². The molecule has 2 aromatic carbocycles. The van der Waals surface area contributed by atoms with E-state index in [2.05, 4.69) is 21.2 Å². The standard InChI is InChI=1S/C25H31BrN2O4/c1-25(2,3)32-24(30)27-21-10-7-13-28(16-21)23(29)15-19-14-20(26)11-12-22(19)31-17-18-8-5-4-6-9-18/h4-6,8-9,11-12,14,21H,7,10,13,15-17H2,1-3H3,(H,27,30)/t21-/m1/s1. The van der Waals surface area contributed by atoms with E-state index in [1.165, 1.54) is 0 Å². The van der Waals surface area contributed by atoms with Crippen LogP contribution in [-0.4, -0.2) is 41.6 Å². The lowest BCUT2D eigenvalue weighted by Gasteiger charge is -2.33. The molecule has 2 aromatic rings. The van der Waals surface area contributed by atoms with Crippen LogP contribution in [0.4, 0.5) is 4.79 Å². The third kappa shape index (κ3) is 7.55. The van der Waals surface area contributed by atoms with E-state index in [4.69, 9.17) is 9.47 Å². The molecule has 6 nitrogen and oxygen atoms in total. The number of hydrogen-bond acceptors (Lipinski definition) is 4. The fraction of sp³-hybridized carbons (Fsp3) is 0.440. The van der Waals surface area contributed by atoms with Crippen LogP contribution in [0.15, 0.2) is 53.0 Å². The predicted octanol–water partition coefficient (Wildman–Crippen LogP) is 5.09. The number of likely N-dealkylation sites (tertiary alicyclic amines) is 1. The molecule has 1 saturated heterocycles. The first-order chi connectivity index (χ1) is 15.2. The fourth-order valence-electron chi connectivity index (χ4n) is 3.63. The highest BCUT2D eigenvalue weighted by atomic mass is 79.9. The first kappa shape index (κ1) is 24.1. The minimum atomic E-state index is -0.550. The molecule has 1 atom stereocenters. The summed E-state index contributed by atoms with van der Waals surface area (Å²) in [6.45, 7) is 7.09. The smallest absolute Gasteiger partial charge is 0.407 e. The molecular weight excluding hydrogens is 472 g/mol. The quantitative estimate of drug-likeness (QED) is 0.597. The number of carbonyl (C=O) groups excluding carboxylic acids is 2. The number of nitrogens with one attached hydrogen (secondary N) is 1. The molecule has 0 bridgehead atoms. The highest BCUT2D eigenvalue weighted by Gasteiger charge is 2.27. The molecule has 0 unspecified atom stereocenters. The maximum atomic E-state index is 13.1. The lowest BCUT2D eigenvalue weighted by molar-refractivity contribution is -0.131. The molecule has 0 spiro atoms. The van der Waals surface area contributed by atoms with Gasteiger partial charge in [-0.3, -0.25) is 4.79 Å². The average molecular weight is 503 g/mol. The maximum Gasteiger partial charge on any atom is 0.407 e. The van der Waals surface area contributed by atoms with E-state index in [0.717, 1.165) is 28.4 Å². The monoisotopic (exact) mass is 502 g/mol. The van der Waals surface area contributed by atoms with Gasteiger partial charge in [-0.15, -0.1) is 0 Å². The van der Waals surface area contributed by atoms with Crippen LogP contribution < -0.4 is 10.1 Å². The van der Waals surface area contributed by atoms with Crippen LogP contribution in [0.1, 0.15) is 44.7 Å². The Morgan fingerprint density at radius 3 is 2.62 bits per heavy atom. The zero-order valence-electron chi connectivity index (χ0n) is 18.9. The molecule has 1 heterocycles. The number of carbonyl (C=O) groups is 2. The lowest BCUT2D eigenvalue weighted by atomic mass is 10.0. The van der Waals surface area contributed by atoms with E-state index in [1.807, 2.05) is 74.2 Å². The Morgan fingerprint density at radius 1 is 1.16 bits per heavy atom. The van der Waals surface area contributed by atoms with Crippen molar-refractivity contribution in [3.8, 4) is 5.75 Å². The first-order valence-electron chi connectivity index (χ1n) is 10.9. The van der Waals surface area contributed by atoms with Crippen molar-refractivity contribution >= 4 is 27.9 Å². The summed E-state index contributed by atoms with van der Waals surface area (Å²) in [7, 11) is 0. The van der Waals surface area contributed by atoms with Gasteiger partial charge in [0.05, 0.1) is 6.42 Å².